The molecule has 3 rings (SSSR count). The Labute approximate surface area is 140 Å². The Morgan fingerprint density at radius 3 is 2.75 bits per heavy atom. The summed E-state index contributed by atoms with van der Waals surface area (Å²) in [6.45, 7) is 4.50. The quantitative estimate of drug-likeness (QED) is 0.770. The molecular weight excluding hydrogens is 302 g/mol. The van der Waals surface area contributed by atoms with Gasteiger partial charge in [-0.05, 0) is 19.4 Å². The Bertz CT molecular complexity index is 890. The van der Waals surface area contributed by atoms with Gasteiger partial charge >= 0.3 is 0 Å². The van der Waals surface area contributed by atoms with Crippen LogP contribution >= 0.6 is 0 Å². The lowest BCUT2D eigenvalue weighted by molar-refractivity contribution is 0.0949. The van der Waals surface area contributed by atoms with E-state index in [0.29, 0.717) is 23.1 Å². The van der Waals surface area contributed by atoms with Crippen LogP contribution in [0.1, 0.15) is 29.5 Å². The first-order chi connectivity index (χ1) is 11.6. The normalized spacial score (nSPS) is 10.8. The molecule has 6 nitrogen and oxygen atoms in total. The molecule has 0 saturated heterocycles. The van der Waals surface area contributed by atoms with Crippen LogP contribution in [0.3, 0.4) is 0 Å². The summed E-state index contributed by atoms with van der Waals surface area (Å²) in [6.07, 6.45) is 2.64. The smallest absolute Gasteiger partial charge is 0.273 e. The van der Waals surface area contributed by atoms with E-state index in [0.717, 1.165) is 23.2 Å². The zero-order chi connectivity index (χ0) is 17.1. The molecule has 0 spiro atoms. The van der Waals surface area contributed by atoms with Crippen molar-refractivity contribution >= 4 is 22.5 Å². The van der Waals surface area contributed by atoms with Crippen molar-refractivity contribution in [3.63, 3.8) is 0 Å². The minimum Gasteiger partial charge on any atom is -0.396 e. The Morgan fingerprint density at radius 1 is 1.21 bits per heavy atom. The average Bonchev–Trinajstić information content (AvgIpc) is 2.60. The number of amides is 1. The number of nitrogens with zero attached hydrogens (tertiary/aromatic N) is 3. The van der Waals surface area contributed by atoms with E-state index in [-0.39, 0.29) is 11.6 Å². The lowest BCUT2D eigenvalue weighted by Gasteiger charge is -2.10. The summed E-state index contributed by atoms with van der Waals surface area (Å²) in [5, 5.41) is 11.8. The summed E-state index contributed by atoms with van der Waals surface area (Å²) in [5.41, 5.74) is 10.1. The standard InChI is InChI=1S/C18H19N5O/c1-3-9-20-18(24)17-15(19)14-6-4-5-13(16(14)22-23-17)12-8-7-11(2)21-10-12/h4-8,10H,3,9H2,1-2H3,(H2,19,22)(H,20,24). The number of carbonyl (C=O) groups excluding carboxylic acids is 1. The molecule has 0 saturated carbocycles. The molecule has 3 aromatic rings. The van der Waals surface area contributed by atoms with E-state index in [2.05, 4.69) is 20.5 Å². The maximum atomic E-state index is 12.2. The van der Waals surface area contributed by atoms with Gasteiger partial charge in [-0.15, -0.1) is 10.2 Å². The van der Waals surface area contributed by atoms with Crippen LogP contribution in [0.2, 0.25) is 0 Å². The fraction of sp³-hybridized carbons (Fsp3) is 0.222. The van der Waals surface area contributed by atoms with Gasteiger partial charge in [0.1, 0.15) is 5.52 Å². The second-order valence-electron chi connectivity index (χ2n) is 5.61. The molecule has 2 aromatic heterocycles. The summed E-state index contributed by atoms with van der Waals surface area (Å²) in [5.74, 6) is -0.300. The van der Waals surface area contributed by atoms with Crippen molar-refractivity contribution < 1.29 is 4.79 Å². The molecule has 0 atom stereocenters. The van der Waals surface area contributed by atoms with Crippen LogP contribution in [0.5, 0.6) is 0 Å². The van der Waals surface area contributed by atoms with Gasteiger partial charge in [0.15, 0.2) is 5.69 Å². The van der Waals surface area contributed by atoms with Crippen molar-refractivity contribution in [3.8, 4) is 11.1 Å². The minimum absolute atomic E-state index is 0.162. The Morgan fingerprint density at radius 2 is 2.04 bits per heavy atom. The number of nitrogens with two attached hydrogens (primary N) is 1. The molecule has 0 fully saturated rings. The van der Waals surface area contributed by atoms with Gasteiger partial charge in [0.05, 0.1) is 5.69 Å². The number of nitrogen functional groups attached to an aromatic ring is 1. The predicted molar refractivity (Wildman–Crippen MR) is 94.5 cm³/mol. The van der Waals surface area contributed by atoms with Gasteiger partial charge in [-0.25, -0.2) is 0 Å². The lowest BCUT2D eigenvalue weighted by Crippen LogP contribution is -2.26. The number of aromatic nitrogens is 3. The SMILES string of the molecule is CCCNC(=O)c1nnc2c(-c3ccc(C)nc3)cccc2c1N. The third-order valence-corrected chi connectivity index (χ3v) is 3.80. The first kappa shape index (κ1) is 15.9. The highest BCUT2D eigenvalue weighted by molar-refractivity contribution is 6.07. The predicted octanol–water partition coefficient (Wildman–Crippen LogP) is 2.72. The Hall–Kier alpha value is -3.02. The van der Waals surface area contributed by atoms with Crippen LogP contribution in [0.25, 0.3) is 22.0 Å². The second-order valence-corrected chi connectivity index (χ2v) is 5.61. The highest BCUT2D eigenvalue weighted by atomic mass is 16.1. The number of pyridine rings is 1. The number of fused-ring (bicyclic) bond motifs is 1. The van der Waals surface area contributed by atoms with Crippen molar-refractivity contribution in [3.05, 3.63) is 47.9 Å². The van der Waals surface area contributed by atoms with Crippen molar-refractivity contribution in [2.24, 2.45) is 0 Å². The lowest BCUT2D eigenvalue weighted by atomic mass is 10.0. The summed E-state index contributed by atoms with van der Waals surface area (Å²) < 4.78 is 0. The van der Waals surface area contributed by atoms with Crippen molar-refractivity contribution in [1.29, 1.82) is 0 Å². The van der Waals surface area contributed by atoms with Gasteiger partial charge in [-0.2, -0.15) is 0 Å². The summed E-state index contributed by atoms with van der Waals surface area (Å²) in [6, 6.07) is 9.61. The maximum Gasteiger partial charge on any atom is 0.273 e. The molecule has 122 valence electrons. The van der Waals surface area contributed by atoms with Crippen LogP contribution < -0.4 is 11.1 Å². The van der Waals surface area contributed by atoms with E-state index >= 15 is 0 Å². The monoisotopic (exact) mass is 321 g/mol. The van der Waals surface area contributed by atoms with Crippen LogP contribution in [-0.4, -0.2) is 27.6 Å². The number of hydrogen-bond donors (Lipinski definition) is 2. The molecular formula is C18H19N5O. The number of anilines is 1. The molecule has 2 heterocycles. The summed E-state index contributed by atoms with van der Waals surface area (Å²) >= 11 is 0. The zero-order valence-electron chi connectivity index (χ0n) is 13.7. The third kappa shape index (κ3) is 2.90. The molecule has 6 heteroatoms. The molecule has 1 aromatic carbocycles. The molecule has 0 aliphatic rings. The fourth-order valence-electron chi connectivity index (χ4n) is 2.50. The molecule has 0 aliphatic heterocycles. The van der Waals surface area contributed by atoms with Crippen LogP contribution in [0.15, 0.2) is 36.5 Å². The van der Waals surface area contributed by atoms with Gasteiger partial charge in [0.25, 0.3) is 5.91 Å². The molecule has 0 aliphatic carbocycles. The second kappa shape index (κ2) is 6.62. The van der Waals surface area contributed by atoms with E-state index in [1.165, 1.54) is 0 Å². The van der Waals surface area contributed by atoms with Gasteiger partial charge in [-0.1, -0.05) is 31.2 Å². The number of rotatable bonds is 4. The largest absolute Gasteiger partial charge is 0.396 e. The molecule has 0 bridgehead atoms. The molecule has 24 heavy (non-hydrogen) atoms. The molecule has 0 radical (unpaired) electrons. The van der Waals surface area contributed by atoms with Crippen molar-refractivity contribution in [2.75, 3.05) is 12.3 Å². The first-order valence-corrected chi connectivity index (χ1v) is 7.88. The van der Waals surface area contributed by atoms with E-state index in [1.54, 1.807) is 6.20 Å². The number of aryl methyl sites for hydroxylation is 1. The number of hydrogen-bond acceptors (Lipinski definition) is 5. The van der Waals surface area contributed by atoms with Crippen molar-refractivity contribution in [2.45, 2.75) is 20.3 Å². The number of benzene rings is 1. The average molecular weight is 321 g/mol. The highest BCUT2D eigenvalue weighted by Crippen LogP contribution is 2.30. The van der Waals surface area contributed by atoms with E-state index in [4.69, 9.17) is 5.73 Å². The Balaban J connectivity index is 2.10. The fourth-order valence-corrected chi connectivity index (χ4v) is 2.50. The van der Waals surface area contributed by atoms with Gasteiger partial charge in [0.2, 0.25) is 0 Å². The Kier molecular flexibility index (Phi) is 4.37. The van der Waals surface area contributed by atoms with Crippen LogP contribution in [0.4, 0.5) is 5.69 Å². The first-order valence-electron chi connectivity index (χ1n) is 7.88. The topological polar surface area (TPSA) is 93.8 Å². The van der Waals surface area contributed by atoms with Gasteiger partial charge in [-0.3, -0.25) is 9.78 Å². The van der Waals surface area contributed by atoms with E-state index in [1.807, 2.05) is 44.2 Å². The van der Waals surface area contributed by atoms with Crippen molar-refractivity contribution in [1.82, 2.24) is 20.5 Å². The van der Waals surface area contributed by atoms with Crippen LogP contribution in [0, 0.1) is 6.92 Å². The van der Waals surface area contributed by atoms with E-state index in [9.17, 15) is 4.79 Å². The highest BCUT2D eigenvalue weighted by Gasteiger charge is 2.16. The van der Waals surface area contributed by atoms with Crippen LogP contribution in [-0.2, 0) is 0 Å². The minimum atomic E-state index is -0.300. The summed E-state index contributed by atoms with van der Waals surface area (Å²) in [7, 11) is 0. The maximum absolute atomic E-state index is 12.2. The number of nitrogens with one attached hydrogen (secondary N) is 1. The molecule has 3 N–H and O–H groups in total. The third-order valence-electron chi connectivity index (χ3n) is 3.80. The zero-order valence-corrected chi connectivity index (χ0v) is 13.7. The molecule has 0 unspecified atom stereocenters. The molecule has 1 amide bonds. The van der Waals surface area contributed by atoms with Gasteiger partial charge < -0.3 is 11.1 Å². The van der Waals surface area contributed by atoms with E-state index < -0.39 is 0 Å². The summed E-state index contributed by atoms with van der Waals surface area (Å²) in [4.78, 5) is 16.5. The number of carbonyl (C=O) groups is 1. The van der Waals surface area contributed by atoms with Gasteiger partial charge in [0, 0.05) is 34.9 Å².